The molecular weight excluding hydrogens is 265 g/mol. The van der Waals surface area contributed by atoms with E-state index in [0.29, 0.717) is 11.0 Å². The topological polar surface area (TPSA) is 92.0 Å². The molecule has 0 radical (unpaired) electrons. The first-order valence-electron chi connectivity index (χ1n) is 5.67. The number of halogens is 1. The van der Waals surface area contributed by atoms with Crippen molar-refractivity contribution in [3.63, 3.8) is 0 Å². The number of hydrogen-bond acceptors (Lipinski definition) is 4. The number of H-pyrrole nitrogens is 1. The highest BCUT2D eigenvalue weighted by Gasteiger charge is 2.13. The summed E-state index contributed by atoms with van der Waals surface area (Å²) in [5.74, 6) is -0.387. The molecule has 7 heteroatoms. The second-order valence-corrected chi connectivity index (χ2v) is 4.21. The maximum Gasteiger partial charge on any atom is 0.271 e. The van der Waals surface area contributed by atoms with Crippen molar-refractivity contribution in [2.24, 2.45) is 0 Å². The Morgan fingerprint density at radius 1 is 1.25 bits per heavy atom. The Kier molecular flexibility index (Phi) is 2.60. The number of non-ortho nitro benzene ring substituents is 1. The number of phenolic OH excluding ortho intramolecular Hbond substituents is 1. The third kappa shape index (κ3) is 1.95. The standard InChI is InChI=1S/C13H8FN3O3/c14-7-1-4-12(18)9(5-7)13-15-10-3-2-8(17(19)20)6-11(10)16-13/h1-6,18H,(H,15,16). The lowest BCUT2D eigenvalue weighted by Gasteiger charge is -2.00. The molecule has 2 N–H and O–H groups in total. The number of nitrogens with one attached hydrogen (secondary N) is 1. The van der Waals surface area contributed by atoms with E-state index in [1.54, 1.807) is 0 Å². The number of rotatable bonds is 2. The van der Waals surface area contributed by atoms with E-state index in [0.717, 1.165) is 12.1 Å². The first-order chi connectivity index (χ1) is 9.54. The molecule has 6 nitrogen and oxygen atoms in total. The van der Waals surface area contributed by atoms with Crippen molar-refractivity contribution in [3.05, 3.63) is 52.3 Å². The molecule has 1 heterocycles. The molecule has 0 saturated heterocycles. The molecule has 0 aliphatic heterocycles. The molecule has 0 aliphatic rings. The number of imidazole rings is 1. The summed E-state index contributed by atoms with van der Waals surface area (Å²) in [6.45, 7) is 0. The molecule has 0 fully saturated rings. The number of nitrogens with zero attached hydrogens (tertiary/aromatic N) is 2. The summed E-state index contributed by atoms with van der Waals surface area (Å²) in [4.78, 5) is 17.2. The van der Waals surface area contributed by atoms with Gasteiger partial charge < -0.3 is 10.1 Å². The Balaban J connectivity index is 2.17. The summed E-state index contributed by atoms with van der Waals surface area (Å²) in [5.41, 5.74) is 1.05. The van der Waals surface area contributed by atoms with E-state index >= 15 is 0 Å². The van der Waals surface area contributed by atoms with Gasteiger partial charge in [0, 0.05) is 12.1 Å². The molecular formula is C13H8FN3O3. The van der Waals surface area contributed by atoms with Gasteiger partial charge in [-0.1, -0.05) is 0 Å². The van der Waals surface area contributed by atoms with Gasteiger partial charge in [0.15, 0.2) is 0 Å². The second kappa shape index (κ2) is 4.30. The van der Waals surface area contributed by atoms with Crippen LogP contribution in [0.25, 0.3) is 22.4 Å². The Morgan fingerprint density at radius 3 is 2.80 bits per heavy atom. The van der Waals surface area contributed by atoms with Gasteiger partial charge in [0.25, 0.3) is 5.69 Å². The van der Waals surface area contributed by atoms with Crippen molar-refractivity contribution in [3.8, 4) is 17.1 Å². The van der Waals surface area contributed by atoms with Gasteiger partial charge in [0.2, 0.25) is 0 Å². The first kappa shape index (κ1) is 12.1. The van der Waals surface area contributed by atoms with Gasteiger partial charge in [0.1, 0.15) is 17.4 Å². The number of nitro benzene ring substituents is 1. The van der Waals surface area contributed by atoms with Crippen molar-refractivity contribution in [2.45, 2.75) is 0 Å². The van der Waals surface area contributed by atoms with Crippen LogP contribution in [0.15, 0.2) is 36.4 Å². The largest absolute Gasteiger partial charge is 0.507 e. The van der Waals surface area contributed by atoms with Crippen LogP contribution < -0.4 is 0 Å². The van der Waals surface area contributed by atoms with Gasteiger partial charge in [-0.15, -0.1) is 0 Å². The monoisotopic (exact) mass is 273 g/mol. The summed E-state index contributed by atoms with van der Waals surface area (Å²) in [7, 11) is 0. The van der Waals surface area contributed by atoms with Gasteiger partial charge in [-0.25, -0.2) is 9.37 Å². The van der Waals surface area contributed by atoms with Crippen molar-refractivity contribution in [1.29, 1.82) is 0 Å². The fraction of sp³-hybridized carbons (Fsp3) is 0. The van der Waals surface area contributed by atoms with Crippen molar-refractivity contribution >= 4 is 16.7 Å². The summed E-state index contributed by atoms with van der Waals surface area (Å²) < 4.78 is 13.2. The molecule has 0 amide bonds. The van der Waals surface area contributed by atoms with Crippen molar-refractivity contribution in [2.75, 3.05) is 0 Å². The van der Waals surface area contributed by atoms with Gasteiger partial charge in [-0.05, 0) is 24.3 Å². The van der Waals surface area contributed by atoms with E-state index < -0.39 is 10.7 Å². The SMILES string of the molecule is O=[N+]([O-])c1ccc2[nH]c(-c3cc(F)ccc3O)nc2c1. The summed E-state index contributed by atoms with van der Waals surface area (Å²) in [6.07, 6.45) is 0. The van der Waals surface area contributed by atoms with Crippen LogP contribution in [0.2, 0.25) is 0 Å². The molecule has 0 saturated carbocycles. The zero-order valence-electron chi connectivity index (χ0n) is 10.0. The zero-order chi connectivity index (χ0) is 14.3. The highest BCUT2D eigenvalue weighted by molar-refractivity contribution is 5.82. The highest BCUT2D eigenvalue weighted by Crippen LogP contribution is 2.30. The fourth-order valence-electron chi connectivity index (χ4n) is 1.93. The van der Waals surface area contributed by atoms with E-state index in [-0.39, 0.29) is 22.8 Å². The average Bonchev–Trinajstić information content (AvgIpc) is 2.83. The van der Waals surface area contributed by atoms with Crippen LogP contribution in [-0.4, -0.2) is 20.0 Å². The lowest BCUT2D eigenvalue weighted by Crippen LogP contribution is -1.86. The molecule has 3 rings (SSSR count). The molecule has 0 aliphatic carbocycles. The molecule has 3 aromatic rings. The number of aromatic amines is 1. The number of nitro groups is 1. The van der Waals surface area contributed by atoms with E-state index in [1.807, 2.05) is 0 Å². The van der Waals surface area contributed by atoms with Gasteiger partial charge in [0.05, 0.1) is 21.5 Å². The van der Waals surface area contributed by atoms with E-state index in [4.69, 9.17) is 0 Å². The predicted molar refractivity (Wildman–Crippen MR) is 69.8 cm³/mol. The van der Waals surface area contributed by atoms with Gasteiger partial charge in [-0.2, -0.15) is 0 Å². The van der Waals surface area contributed by atoms with Crippen molar-refractivity contribution in [1.82, 2.24) is 9.97 Å². The quantitative estimate of drug-likeness (QED) is 0.554. The number of benzene rings is 2. The smallest absolute Gasteiger partial charge is 0.271 e. The lowest BCUT2D eigenvalue weighted by atomic mass is 10.2. The molecule has 2 aromatic carbocycles. The minimum Gasteiger partial charge on any atom is -0.507 e. The Bertz CT molecular complexity index is 829. The predicted octanol–water partition coefficient (Wildman–Crippen LogP) is 2.98. The van der Waals surface area contributed by atoms with Gasteiger partial charge in [-0.3, -0.25) is 10.1 Å². The third-order valence-electron chi connectivity index (χ3n) is 2.89. The second-order valence-electron chi connectivity index (χ2n) is 4.21. The first-order valence-corrected chi connectivity index (χ1v) is 5.67. The average molecular weight is 273 g/mol. The van der Waals surface area contributed by atoms with Crippen LogP contribution in [0, 0.1) is 15.9 Å². The van der Waals surface area contributed by atoms with Crippen LogP contribution >= 0.6 is 0 Å². The normalized spacial score (nSPS) is 10.8. The summed E-state index contributed by atoms with van der Waals surface area (Å²) in [6, 6.07) is 7.66. The molecule has 20 heavy (non-hydrogen) atoms. The van der Waals surface area contributed by atoms with Crippen LogP contribution in [-0.2, 0) is 0 Å². The van der Waals surface area contributed by atoms with Crippen LogP contribution in [0.3, 0.4) is 0 Å². The lowest BCUT2D eigenvalue weighted by molar-refractivity contribution is -0.384. The number of aromatic hydroxyl groups is 1. The van der Waals surface area contributed by atoms with Crippen LogP contribution in [0.4, 0.5) is 10.1 Å². The third-order valence-corrected chi connectivity index (χ3v) is 2.89. The highest BCUT2D eigenvalue weighted by atomic mass is 19.1. The molecule has 1 aromatic heterocycles. The number of aromatic nitrogens is 2. The fourth-order valence-corrected chi connectivity index (χ4v) is 1.93. The maximum atomic E-state index is 13.2. The minimum absolute atomic E-state index is 0.0842. The zero-order valence-corrected chi connectivity index (χ0v) is 10.0. The maximum absolute atomic E-state index is 13.2. The molecule has 0 atom stereocenters. The van der Waals surface area contributed by atoms with E-state index in [9.17, 15) is 19.6 Å². The number of phenols is 1. The minimum atomic E-state index is -0.520. The Morgan fingerprint density at radius 2 is 2.05 bits per heavy atom. The van der Waals surface area contributed by atoms with E-state index in [2.05, 4.69) is 9.97 Å². The van der Waals surface area contributed by atoms with Gasteiger partial charge >= 0.3 is 0 Å². The molecule has 0 unspecified atom stereocenters. The van der Waals surface area contributed by atoms with Crippen LogP contribution in [0.1, 0.15) is 0 Å². The summed E-state index contributed by atoms with van der Waals surface area (Å²) in [5, 5.41) is 20.4. The molecule has 0 spiro atoms. The van der Waals surface area contributed by atoms with E-state index in [1.165, 1.54) is 24.3 Å². The Labute approximate surface area is 111 Å². The van der Waals surface area contributed by atoms with Crippen molar-refractivity contribution < 1.29 is 14.4 Å². The number of fused-ring (bicyclic) bond motifs is 1. The molecule has 0 bridgehead atoms. The number of hydrogen-bond donors (Lipinski definition) is 2. The molecule has 100 valence electrons. The Hall–Kier alpha value is -2.96. The summed E-state index contributed by atoms with van der Waals surface area (Å²) >= 11 is 0. The van der Waals surface area contributed by atoms with Crippen LogP contribution in [0.5, 0.6) is 5.75 Å².